The molecule has 108 valence electrons. The lowest BCUT2D eigenvalue weighted by Gasteiger charge is -2.05. The normalized spacial score (nSPS) is 11.0. The van der Waals surface area contributed by atoms with Crippen molar-refractivity contribution in [3.05, 3.63) is 53.9 Å². The van der Waals surface area contributed by atoms with Crippen LogP contribution in [-0.4, -0.2) is 21.1 Å². The molecule has 0 radical (unpaired) electrons. The number of aliphatic hydroxyl groups excluding tert-OH is 1. The van der Waals surface area contributed by atoms with Crippen molar-refractivity contribution in [1.29, 1.82) is 0 Å². The van der Waals surface area contributed by atoms with E-state index >= 15 is 0 Å². The van der Waals surface area contributed by atoms with Crippen LogP contribution in [0.25, 0.3) is 16.9 Å². The fourth-order valence-electron chi connectivity index (χ4n) is 2.51. The van der Waals surface area contributed by atoms with Crippen molar-refractivity contribution in [2.45, 2.75) is 20.5 Å². The van der Waals surface area contributed by atoms with Crippen LogP contribution in [0.2, 0.25) is 0 Å². The van der Waals surface area contributed by atoms with Crippen molar-refractivity contribution in [1.82, 2.24) is 9.38 Å². The van der Waals surface area contributed by atoms with Crippen LogP contribution in [0.4, 0.5) is 0 Å². The van der Waals surface area contributed by atoms with Crippen molar-refractivity contribution in [3.8, 4) is 17.0 Å². The topological polar surface area (TPSA) is 46.8 Å². The van der Waals surface area contributed by atoms with E-state index in [0.717, 1.165) is 33.9 Å². The third-order valence-electron chi connectivity index (χ3n) is 3.53. The number of fused-ring (bicyclic) bond motifs is 1. The molecule has 21 heavy (non-hydrogen) atoms. The summed E-state index contributed by atoms with van der Waals surface area (Å²) in [5, 5.41) is 9.71. The Morgan fingerprint density at radius 3 is 2.62 bits per heavy atom. The summed E-state index contributed by atoms with van der Waals surface area (Å²) < 4.78 is 7.40. The van der Waals surface area contributed by atoms with Gasteiger partial charge in [0.15, 0.2) is 0 Å². The Morgan fingerprint density at radius 1 is 1.19 bits per heavy atom. The number of benzene rings is 1. The lowest BCUT2D eigenvalue weighted by Crippen LogP contribution is -1.95. The van der Waals surface area contributed by atoms with Crippen LogP contribution in [0, 0.1) is 6.92 Å². The van der Waals surface area contributed by atoms with E-state index in [1.807, 2.05) is 60.8 Å². The number of hydrogen-bond acceptors (Lipinski definition) is 3. The maximum Gasteiger partial charge on any atom is 0.140 e. The standard InChI is InChI=1S/C17H18N2O2/c1-3-21-14-8-6-13(7-9-14)16-15(11-20)19-10-4-5-12(2)17(19)18-16/h4-10,20H,3,11H2,1-2H3. The summed E-state index contributed by atoms with van der Waals surface area (Å²) in [5.41, 5.74) is 4.56. The molecule has 0 aliphatic rings. The zero-order valence-corrected chi connectivity index (χ0v) is 12.2. The molecule has 0 spiro atoms. The average molecular weight is 282 g/mol. The van der Waals surface area contributed by atoms with Gasteiger partial charge in [-0.15, -0.1) is 0 Å². The van der Waals surface area contributed by atoms with Crippen LogP contribution < -0.4 is 4.74 Å². The Balaban J connectivity index is 2.13. The van der Waals surface area contributed by atoms with Crippen molar-refractivity contribution in [3.63, 3.8) is 0 Å². The largest absolute Gasteiger partial charge is 0.494 e. The lowest BCUT2D eigenvalue weighted by atomic mass is 10.1. The molecule has 0 bridgehead atoms. The third kappa shape index (κ3) is 2.38. The minimum Gasteiger partial charge on any atom is -0.494 e. The Bertz CT molecular complexity index is 760. The predicted octanol–water partition coefficient (Wildman–Crippen LogP) is 3.20. The number of aryl methyl sites for hydroxylation is 1. The van der Waals surface area contributed by atoms with E-state index in [4.69, 9.17) is 9.72 Å². The quantitative estimate of drug-likeness (QED) is 0.799. The fourth-order valence-corrected chi connectivity index (χ4v) is 2.51. The maximum atomic E-state index is 9.71. The van der Waals surface area contributed by atoms with Gasteiger partial charge in [0, 0.05) is 11.8 Å². The fraction of sp³-hybridized carbons (Fsp3) is 0.235. The Hall–Kier alpha value is -2.33. The van der Waals surface area contributed by atoms with E-state index in [9.17, 15) is 5.11 Å². The number of hydrogen-bond donors (Lipinski definition) is 1. The first kappa shape index (κ1) is 13.6. The van der Waals surface area contributed by atoms with E-state index in [1.165, 1.54) is 0 Å². The summed E-state index contributed by atoms with van der Waals surface area (Å²) in [4.78, 5) is 4.69. The molecule has 3 aromatic rings. The number of ether oxygens (including phenoxy) is 1. The van der Waals surface area contributed by atoms with Crippen LogP contribution >= 0.6 is 0 Å². The summed E-state index contributed by atoms with van der Waals surface area (Å²) in [5.74, 6) is 0.840. The summed E-state index contributed by atoms with van der Waals surface area (Å²) in [7, 11) is 0. The van der Waals surface area contributed by atoms with E-state index in [-0.39, 0.29) is 6.61 Å². The second kappa shape index (κ2) is 5.58. The Labute approximate surface area is 123 Å². The molecule has 4 nitrogen and oxygen atoms in total. The van der Waals surface area contributed by atoms with Gasteiger partial charge in [-0.05, 0) is 49.7 Å². The molecular formula is C17H18N2O2. The molecule has 1 N–H and O–H groups in total. The molecule has 3 rings (SSSR count). The zero-order valence-electron chi connectivity index (χ0n) is 12.2. The van der Waals surface area contributed by atoms with Crippen LogP contribution in [0.5, 0.6) is 5.75 Å². The first-order valence-electron chi connectivity index (χ1n) is 7.05. The molecule has 0 fully saturated rings. The lowest BCUT2D eigenvalue weighted by molar-refractivity contribution is 0.276. The van der Waals surface area contributed by atoms with Gasteiger partial charge in [0.1, 0.15) is 11.4 Å². The van der Waals surface area contributed by atoms with Gasteiger partial charge in [0.25, 0.3) is 0 Å². The smallest absolute Gasteiger partial charge is 0.140 e. The molecule has 0 amide bonds. The van der Waals surface area contributed by atoms with Crippen molar-refractivity contribution in [2.75, 3.05) is 6.61 Å². The maximum absolute atomic E-state index is 9.71. The summed E-state index contributed by atoms with van der Waals surface area (Å²) in [6.07, 6.45) is 1.93. The van der Waals surface area contributed by atoms with Gasteiger partial charge in [-0.2, -0.15) is 0 Å². The number of aromatic nitrogens is 2. The monoisotopic (exact) mass is 282 g/mol. The summed E-state index contributed by atoms with van der Waals surface area (Å²) in [6, 6.07) is 11.8. The van der Waals surface area contributed by atoms with Gasteiger partial charge >= 0.3 is 0 Å². The average Bonchev–Trinajstić information content (AvgIpc) is 2.88. The van der Waals surface area contributed by atoms with Crippen molar-refractivity contribution < 1.29 is 9.84 Å². The summed E-state index contributed by atoms with van der Waals surface area (Å²) in [6.45, 7) is 4.58. The molecule has 0 aliphatic heterocycles. The van der Waals surface area contributed by atoms with Gasteiger partial charge in [-0.25, -0.2) is 4.98 Å². The third-order valence-corrected chi connectivity index (χ3v) is 3.53. The molecule has 0 atom stereocenters. The minimum absolute atomic E-state index is 0.0484. The molecule has 0 saturated heterocycles. The van der Waals surface area contributed by atoms with Gasteiger partial charge in [-0.3, -0.25) is 0 Å². The number of imidazole rings is 1. The van der Waals surface area contributed by atoms with Crippen LogP contribution in [-0.2, 0) is 6.61 Å². The molecule has 2 aromatic heterocycles. The van der Waals surface area contributed by atoms with Gasteiger partial charge in [0.05, 0.1) is 24.6 Å². The van der Waals surface area contributed by atoms with E-state index in [2.05, 4.69) is 0 Å². The van der Waals surface area contributed by atoms with Crippen LogP contribution in [0.15, 0.2) is 42.6 Å². The van der Waals surface area contributed by atoms with Crippen molar-refractivity contribution in [2.24, 2.45) is 0 Å². The molecule has 0 unspecified atom stereocenters. The summed E-state index contributed by atoms with van der Waals surface area (Å²) >= 11 is 0. The predicted molar refractivity (Wildman–Crippen MR) is 82.5 cm³/mol. The van der Waals surface area contributed by atoms with Crippen molar-refractivity contribution >= 4 is 5.65 Å². The number of pyridine rings is 1. The van der Waals surface area contributed by atoms with Crippen LogP contribution in [0.3, 0.4) is 0 Å². The van der Waals surface area contributed by atoms with Gasteiger partial charge < -0.3 is 14.2 Å². The SMILES string of the molecule is CCOc1ccc(-c2nc3c(C)cccn3c2CO)cc1. The molecule has 1 aromatic carbocycles. The first-order valence-corrected chi connectivity index (χ1v) is 7.05. The second-order valence-corrected chi connectivity index (χ2v) is 4.91. The molecule has 2 heterocycles. The van der Waals surface area contributed by atoms with E-state index in [1.54, 1.807) is 0 Å². The van der Waals surface area contributed by atoms with E-state index < -0.39 is 0 Å². The van der Waals surface area contributed by atoms with Crippen LogP contribution in [0.1, 0.15) is 18.2 Å². The van der Waals surface area contributed by atoms with Gasteiger partial charge in [0.2, 0.25) is 0 Å². The number of rotatable bonds is 4. The molecule has 4 heteroatoms. The highest BCUT2D eigenvalue weighted by Crippen LogP contribution is 2.27. The molecular weight excluding hydrogens is 264 g/mol. The molecule has 0 aliphatic carbocycles. The highest BCUT2D eigenvalue weighted by Gasteiger charge is 2.14. The highest BCUT2D eigenvalue weighted by atomic mass is 16.5. The Morgan fingerprint density at radius 2 is 1.95 bits per heavy atom. The Kier molecular flexibility index (Phi) is 3.62. The zero-order chi connectivity index (χ0) is 14.8. The minimum atomic E-state index is -0.0484. The van der Waals surface area contributed by atoms with E-state index in [0.29, 0.717) is 6.61 Å². The molecule has 0 saturated carbocycles. The highest BCUT2D eigenvalue weighted by molar-refractivity contribution is 5.68. The second-order valence-electron chi connectivity index (χ2n) is 4.91. The number of nitrogens with zero attached hydrogens (tertiary/aromatic N) is 2. The first-order chi connectivity index (χ1) is 10.2. The number of aliphatic hydroxyl groups is 1. The van der Waals surface area contributed by atoms with Gasteiger partial charge in [-0.1, -0.05) is 6.07 Å².